The summed E-state index contributed by atoms with van der Waals surface area (Å²) in [6.07, 6.45) is 0.115. The zero-order valence-electron chi connectivity index (χ0n) is 10.4. The van der Waals surface area contributed by atoms with E-state index in [1.807, 2.05) is 6.07 Å². The number of carbonyl (C=O) groups is 2. The van der Waals surface area contributed by atoms with Gasteiger partial charge in [-0.25, -0.2) is 0 Å². The monoisotopic (exact) mass is 242 g/mol. The summed E-state index contributed by atoms with van der Waals surface area (Å²) in [7, 11) is 2.82. The van der Waals surface area contributed by atoms with Gasteiger partial charge < -0.3 is 14.4 Å². The first-order chi connectivity index (χ1) is 8.06. The van der Waals surface area contributed by atoms with Crippen LogP contribution >= 0.6 is 0 Å². The molecule has 0 fully saturated rings. The van der Waals surface area contributed by atoms with Crippen molar-refractivity contribution in [1.82, 2.24) is 4.90 Å². The van der Waals surface area contributed by atoms with Gasteiger partial charge in [0.15, 0.2) is 0 Å². The predicted molar refractivity (Wildman–Crippen MR) is 59.9 cm³/mol. The largest absolute Gasteiger partial charge is 0.469 e. The highest BCUT2D eigenvalue weighted by Crippen LogP contribution is 2.03. The van der Waals surface area contributed by atoms with Crippen molar-refractivity contribution in [3.8, 4) is 6.07 Å². The predicted octanol–water partition coefficient (Wildman–Crippen LogP) is 0.184. The topological polar surface area (TPSA) is 79.6 Å². The van der Waals surface area contributed by atoms with E-state index in [0.29, 0.717) is 13.2 Å². The molecular formula is C11H18N2O4. The molecule has 0 aromatic carbocycles. The minimum absolute atomic E-state index is 0.115. The van der Waals surface area contributed by atoms with Crippen LogP contribution in [-0.4, -0.2) is 50.7 Å². The lowest BCUT2D eigenvalue weighted by molar-refractivity contribution is -0.142. The summed E-state index contributed by atoms with van der Waals surface area (Å²) in [4.78, 5) is 24.2. The summed E-state index contributed by atoms with van der Waals surface area (Å²) in [6.45, 7) is 2.49. The van der Waals surface area contributed by atoms with Crippen molar-refractivity contribution >= 4 is 11.9 Å². The normalized spacial score (nSPS) is 11.4. The molecule has 0 aromatic heterocycles. The van der Waals surface area contributed by atoms with Gasteiger partial charge in [0.1, 0.15) is 5.92 Å². The van der Waals surface area contributed by atoms with Crippen molar-refractivity contribution in [3.63, 3.8) is 0 Å². The molecule has 0 aliphatic heterocycles. The van der Waals surface area contributed by atoms with E-state index in [1.54, 1.807) is 0 Å². The molecule has 0 aliphatic rings. The fourth-order valence-corrected chi connectivity index (χ4v) is 1.19. The third kappa shape index (κ3) is 5.88. The number of amides is 1. The van der Waals surface area contributed by atoms with Crippen LogP contribution in [0.1, 0.15) is 13.3 Å². The van der Waals surface area contributed by atoms with Crippen LogP contribution in [0.2, 0.25) is 0 Å². The van der Waals surface area contributed by atoms with E-state index >= 15 is 0 Å². The lowest BCUT2D eigenvalue weighted by Crippen LogP contribution is -2.38. The van der Waals surface area contributed by atoms with Gasteiger partial charge in [0.2, 0.25) is 5.91 Å². The van der Waals surface area contributed by atoms with Gasteiger partial charge in [-0.15, -0.1) is 0 Å². The molecule has 1 amide bonds. The van der Waals surface area contributed by atoms with Crippen LogP contribution in [0.15, 0.2) is 0 Å². The highest BCUT2D eigenvalue weighted by atomic mass is 16.5. The molecule has 0 bridgehead atoms. The van der Waals surface area contributed by atoms with Gasteiger partial charge in [0.25, 0.3) is 0 Å². The van der Waals surface area contributed by atoms with E-state index < -0.39 is 5.92 Å². The van der Waals surface area contributed by atoms with E-state index in [-0.39, 0.29) is 24.8 Å². The van der Waals surface area contributed by atoms with E-state index in [4.69, 9.17) is 10.00 Å². The van der Waals surface area contributed by atoms with Crippen molar-refractivity contribution in [2.45, 2.75) is 13.3 Å². The van der Waals surface area contributed by atoms with Gasteiger partial charge in [0, 0.05) is 20.2 Å². The van der Waals surface area contributed by atoms with E-state index in [1.165, 1.54) is 26.0 Å². The van der Waals surface area contributed by atoms with Crippen molar-refractivity contribution in [2.75, 3.05) is 33.9 Å². The third-order valence-corrected chi connectivity index (χ3v) is 2.25. The van der Waals surface area contributed by atoms with Crippen LogP contribution in [0.5, 0.6) is 0 Å². The summed E-state index contributed by atoms with van der Waals surface area (Å²) >= 11 is 0. The maximum atomic E-state index is 11.8. The maximum absolute atomic E-state index is 11.8. The van der Waals surface area contributed by atoms with Gasteiger partial charge >= 0.3 is 5.97 Å². The molecule has 6 heteroatoms. The van der Waals surface area contributed by atoms with Crippen LogP contribution < -0.4 is 0 Å². The zero-order chi connectivity index (χ0) is 13.3. The van der Waals surface area contributed by atoms with Gasteiger partial charge in [-0.2, -0.15) is 5.26 Å². The fourth-order valence-electron chi connectivity index (χ4n) is 1.19. The Hall–Kier alpha value is -1.61. The maximum Gasteiger partial charge on any atom is 0.307 e. The molecular weight excluding hydrogens is 224 g/mol. The summed E-state index contributed by atoms with van der Waals surface area (Å²) in [5, 5.41) is 8.68. The number of hydrogen-bond donors (Lipinski definition) is 0. The van der Waals surface area contributed by atoms with Gasteiger partial charge in [0.05, 0.1) is 26.2 Å². The minimum Gasteiger partial charge on any atom is -0.469 e. The molecule has 0 aromatic rings. The number of nitriles is 1. The molecule has 0 saturated carbocycles. The second-order valence-electron chi connectivity index (χ2n) is 3.50. The van der Waals surface area contributed by atoms with Crippen molar-refractivity contribution < 1.29 is 19.1 Å². The number of methoxy groups -OCH3 is 2. The van der Waals surface area contributed by atoms with Gasteiger partial charge in [-0.3, -0.25) is 9.59 Å². The molecule has 0 heterocycles. The van der Waals surface area contributed by atoms with Gasteiger partial charge in [-0.1, -0.05) is 0 Å². The summed E-state index contributed by atoms with van der Waals surface area (Å²) in [6, 6.07) is 1.88. The first-order valence-electron chi connectivity index (χ1n) is 5.31. The first-order valence-corrected chi connectivity index (χ1v) is 5.31. The average Bonchev–Trinajstić information content (AvgIpc) is 2.36. The van der Waals surface area contributed by atoms with E-state index in [9.17, 15) is 9.59 Å². The molecule has 0 radical (unpaired) electrons. The molecule has 1 unspecified atom stereocenters. The van der Waals surface area contributed by atoms with Crippen LogP contribution in [0.25, 0.3) is 0 Å². The van der Waals surface area contributed by atoms with Crippen molar-refractivity contribution in [2.24, 2.45) is 5.92 Å². The molecule has 0 spiro atoms. The van der Waals surface area contributed by atoms with Crippen molar-refractivity contribution in [3.05, 3.63) is 0 Å². The second-order valence-corrected chi connectivity index (χ2v) is 3.50. The smallest absolute Gasteiger partial charge is 0.307 e. The van der Waals surface area contributed by atoms with Gasteiger partial charge in [-0.05, 0) is 6.92 Å². The zero-order valence-corrected chi connectivity index (χ0v) is 10.4. The Morgan fingerprint density at radius 2 is 2.00 bits per heavy atom. The number of esters is 1. The van der Waals surface area contributed by atoms with E-state index in [2.05, 4.69) is 4.74 Å². The minimum atomic E-state index is -0.718. The molecule has 0 N–H and O–H groups in total. The number of ether oxygens (including phenoxy) is 2. The Bertz CT molecular complexity index is 298. The number of rotatable bonds is 7. The molecule has 0 rings (SSSR count). The number of hydrogen-bond acceptors (Lipinski definition) is 5. The molecule has 96 valence electrons. The Labute approximate surface area is 101 Å². The number of nitrogens with zero attached hydrogens (tertiary/aromatic N) is 2. The third-order valence-electron chi connectivity index (χ3n) is 2.25. The molecule has 6 nitrogen and oxygen atoms in total. The molecule has 17 heavy (non-hydrogen) atoms. The summed E-state index contributed by atoms with van der Waals surface area (Å²) in [5.74, 6) is -1.40. The van der Waals surface area contributed by atoms with E-state index in [0.717, 1.165) is 0 Å². The Morgan fingerprint density at radius 1 is 1.35 bits per heavy atom. The fraction of sp³-hybridized carbons (Fsp3) is 0.727. The van der Waals surface area contributed by atoms with Crippen LogP contribution in [0.3, 0.4) is 0 Å². The lowest BCUT2D eigenvalue weighted by atomic mass is 10.1. The average molecular weight is 242 g/mol. The SMILES string of the molecule is COCCN(CCC(=O)OC)C(=O)C(C)C#N. The molecule has 1 atom stereocenters. The summed E-state index contributed by atoms with van der Waals surface area (Å²) < 4.78 is 9.37. The lowest BCUT2D eigenvalue weighted by Gasteiger charge is -2.22. The Balaban J connectivity index is 4.37. The highest BCUT2D eigenvalue weighted by molar-refractivity contribution is 5.81. The Kier molecular flexibility index (Phi) is 7.72. The van der Waals surface area contributed by atoms with Crippen LogP contribution in [0.4, 0.5) is 0 Å². The second kappa shape index (κ2) is 8.53. The quantitative estimate of drug-likeness (QED) is 0.595. The first kappa shape index (κ1) is 15.4. The highest BCUT2D eigenvalue weighted by Gasteiger charge is 2.20. The molecule has 0 saturated heterocycles. The summed E-state index contributed by atoms with van der Waals surface area (Å²) in [5.41, 5.74) is 0. The Morgan fingerprint density at radius 3 is 2.47 bits per heavy atom. The van der Waals surface area contributed by atoms with Crippen molar-refractivity contribution in [1.29, 1.82) is 5.26 Å². The standard InChI is InChI=1S/C11H18N2O4/c1-9(8-12)11(15)13(6-7-16-2)5-4-10(14)17-3/h9H,4-7H2,1-3H3. The van der Waals surface area contributed by atoms with Crippen LogP contribution in [-0.2, 0) is 19.1 Å². The molecule has 0 aliphatic carbocycles. The number of carbonyl (C=O) groups excluding carboxylic acids is 2. The van der Waals surface area contributed by atoms with Crippen LogP contribution in [0, 0.1) is 17.2 Å².